The Morgan fingerprint density at radius 3 is 2.33 bits per heavy atom. The molecule has 1 aromatic rings. The predicted molar refractivity (Wildman–Crippen MR) is 83.4 cm³/mol. The zero-order chi connectivity index (χ0) is 16.2. The molecule has 0 spiro atoms. The Labute approximate surface area is 127 Å². The Morgan fingerprint density at radius 1 is 1.29 bits per heavy atom. The normalized spacial score (nSPS) is 12.8. The van der Waals surface area contributed by atoms with E-state index in [2.05, 4.69) is 47.5 Å². The fourth-order valence-corrected chi connectivity index (χ4v) is 3.61. The lowest BCUT2D eigenvalue weighted by molar-refractivity contribution is 0.179. The van der Waals surface area contributed by atoms with E-state index in [1.165, 1.54) is 0 Å². The van der Waals surface area contributed by atoms with Gasteiger partial charge >= 0.3 is 0 Å². The second kappa shape index (κ2) is 7.35. The highest BCUT2D eigenvalue weighted by Gasteiger charge is 2.23. The van der Waals surface area contributed by atoms with Crippen LogP contribution in [0.2, 0.25) is 0 Å². The van der Waals surface area contributed by atoms with E-state index in [4.69, 9.17) is 5.73 Å². The van der Waals surface area contributed by atoms with Crippen LogP contribution >= 0.6 is 0 Å². The summed E-state index contributed by atoms with van der Waals surface area (Å²) in [6.45, 7) is 11.3. The van der Waals surface area contributed by atoms with Gasteiger partial charge in [-0.05, 0) is 34.6 Å². The number of H-pyrrole nitrogens is 1. The molecule has 1 heterocycles. The van der Waals surface area contributed by atoms with E-state index in [1.54, 1.807) is 6.92 Å². The lowest BCUT2D eigenvalue weighted by Gasteiger charge is -2.30. The fourth-order valence-electron chi connectivity index (χ4n) is 2.38. The number of aryl methyl sites for hydroxylation is 1. The molecule has 0 amide bonds. The SMILES string of the molecule is Cc1[nH]nc(S(=O)(=O)NCCN(C(C)C)C(C)C)c1CN. The van der Waals surface area contributed by atoms with Gasteiger partial charge in [0, 0.05) is 43.0 Å². The number of rotatable bonds is 8. The van der Waals surface area contributed by atoms with Gasteiger partial charge in [0.25, 0.3) is 10.0 Å². The molecule has 7 nitrogen and oxygen atoms in total. The maximum Gasteiger partial charge on any atom is 0.260 e. The highest BCUT2D eigenvalue weighted by Crippen LogP contribution is 2.15. The minimum Gasteiger partial charge on any atom is -0.326 e. The minimum absolute atomic E-state index is 0.00291. The first-order valence-electron chi connectivity index (χ1n) is 7.20. The molecule has 0 unspecified atom stereocenters. The molecule has 21 heavy (non-hydrogen) atoms. The zero-order valence-electron chi connectivity index (χ0n) is 13.5. The van der Waals surface area contributed by atoms with Crippen LogP contribution in [0, 0.1) is 6.92 Å². The van der Waals surface area contributed by atoms with E-state index in [0.29, 0.717) is 36.4 Å². The molecule has 8 heteroatoms. The van der Waals surface area contributed by atoms with Crippen LogP contribution in [0.25, 0.3) is 0 Å². The molecule has 0 radical (unpaired) electrons. The molecular formula is C13H27N5O2S. The smallest absolute Gasteiger partial charge is 0.260 e. The van der Waals surface area contributed by atoms with E-state index in [1.807, 2.05) is 0 Å². The number of sulfonamides is 1. The molecule has 122 valence electrons. The van der Waals surface area contributed by atoms with Gasteiger partial charge in [-0.25, -0.2) is 13.1 Å². The molecule has 0 aliphatic rings. The van der Waals surface area contributed by atoms with Gasteiger partial charge in [0.1, 0.15) is 0 Å². The van der Waals surface area contributed by atoms with Crippen molar-refractivity contribution in [3.05, 3.63) is 11.3 Å². The molecule has 0 saturated heterocycles. The molecule has 1 rings (SSSR count). The Morgan fingerprint density at radius 2 is 1.86 bits per heavy atom. The molecule has 0 aromatic carbocycles. The third-order valence-electron chi connectivity index (χ3n) is 3.48. The van der Waals surface area contributed by atoms with Crippen molar-refractivity contribution in [1.29, 1.82) is 0 Å². The van der Waals surface area contributed by atoms with Gasteiger partial charge in [0.05, 0.1) is 0 Å². The van der Waals surface area contributed by atoms with Gasteiger partial charge in [0.2, 0.25) is 0 Å². The zero-order valence-corrected chi connectivity index (χ0v) is 14.3. The molecule has 1 aromatic heterocycles. The van der Waals surface area contributed by atoms with Gasteiger partial charge in [-0.2, -0.15) is 5.10 Å². The van der Waals surface area contributed by atoms with Crippen molar-refractivity contribution in [3.63, 3.8) is 0 Å². The highest BCUT2D eigenvalue weighted by atomic mass is 32.2. The molecule has 0 aliphatic heterocycles. The summed E-state index contributed by atoms with van der Waals surface area (Å²) in [6, 6.07) is 0.725. The standard InChI is InChI=1S/C13H27N5O2S/c1-9(2)18(10(3)4)7-6-15-21(19,20)13-12(8-14)11(5)16-17-13/h9-10,15H,6-8,14H2,1-5H3,(H,16,17). The second-order valence-electron chi connectivity index (χ2n) is 5.66. The van der Waals surface area contributed by atoms with Gasteiger partial charge in [0.15, 0.2) is 5.03 Å². The van der Waals surface area contributed by atoms with Crippen LogP contribution in [0.3, 0.4) is 0 Å². The van der Waals surface area contributed by atoms with Crippen molar-refractivity contribution in [2.24, 2.45) is 5.73 Å². The first-order valence-corrected chi connectivity index (χ1v) is 8.68. The summed E-state index contributed by atoms with van der Waals surface area (Å²) in [4.78, 5) is 2.22. The Kier molecular flexibility index (Phi) is 6.33. The maximum atomic E-state index is 12.3. The molecule has 4 N–H and O–H groups in total. The largest absolute Gasteiger partial charge is 0.326 e. The number of hydrogen-bond donors (Lipinski definition) is 3. The van der Waals surface area contributed by atoms with Crippen LogP contribution in [0.1, 0.15) is 39.0 Å². The Hall–Kier alpha value is -0.960. The van der Waals surface area contributed by atoms with E-state index in [0.717, 1.165) is 0 Å². The fraction of sp³-hybridized carbons (Fsp3) is 0.769. The predicted octanol–water partition coefficient (Wildman–Crippen LogP) is 0.574. The molecule has 0 fully saturated rings. The Balaban J connectivity index is 2.73. The average molecular weight is 317 g/mol. The number of aromatic nitrogens is 2. The van der Waals surface area contributed by atoms with E-state index < -0.39 is 10.0 Å². The maximum absolute atomic E-state index is 12.3. The van der Waals surface area contributed by atoms with Crippen molar-refractivity contribution in [1.82, 2.24) is 19.8 Å². The lowest BCUT2D eigenvalue weighted by Crippen LogP contribution is -2.42. The number of hydrogen-bond acceptors (Lipinski definition) is 5. The molecule has 0 aliphatic carbocycles. The summed E-state index contributed by atoms with van der Waals surface area (Å²) >= 11 is 0. The van der Waals surface area contributed by atoms with Crippen LogP contribution in [-0.4, -0.2) is 48.7 Å². The third-order valence-corrected chi connectivity index (χ3v) is 4.91. The first kappa shape index (κ1) is 18.1. The summed E-state index contributed by atoms with van der Waals surface area (Å²) in [5, 5.41) is 6.53. The average Bonchev–Trinajstić information content (AvgIpc) is 2.75. The van der Waals surface area contributed by atoms with Crippen LogP contribution in [0.4, 0.5) is 0 Å². The summed E-state index contributed by atoms with van der Waals surface area (Å²) in [6.07, 6.45) is 0. The van der Waals surface area contributed by atoms with Crippen molar-refractivity contribution in [2.75, 3.05) is 13.1 Å². The lowest BCUT2D eigenvalue weighted by atomic mass is 10.2. The molecule has 0 saturated carbocycles. The quantitative estimate of drug-likeness (QED) is 0.650. The van der Waals surface area contributed by atoms with Crippen LogP contribution in [-0.2, 0) is 16.6 Å². The number of nitrogens with two attached hydrogens (primary N) is 1. The van der Waals surface area contributed by atoms with E-state index >= 15 is 0 Å². The summed E-state index contributed by atoms with van der Waals surface area (Å²) in [7, 11) is -3.63. The van der Waals surface area contributed by atoms with E-state index in [9.17, 15) is 8.42 Å². The second-order valence-corrected chi connectivity index (χ2v) is 7.34. The molecule has 0 bridgehead atoms. The van der Waals surface area contributed by atoms with Crippen LogP contribution < -0.4 is 10.5 Å². The number of nitrogens with zero attached hydrogens (tertiary/aromatic N) is 2. The first-order chi connectivity index (χ1) is 9.70. The monoisotopic (exact) mass is 317 g/mol. The number of aromatic amines is 1. The van der Waals surface area contributed by atoms with Gasteiger partial charge in [-0.15, -0.1) is 0 Å². The number of nitrogens with one attached hydrogen (secondary N) is 2. The van der Waals surface area contributed by atoms with Crippen molar-refractivity contribution in [3.8, 4) is 0 Å². The van der Waals surface area contributed by atoms with Gasteiger partial charge in [-0.1, -0.05) is 0 Å². The van der Waals surface area contributed by atoms with Gasteiger partial charge < -0.3 is 5.73 Å². The summed E-state index contributed by atoms with van der Waals surface area (Å²) in [5.41, 5.74) is 6.81. The van der Waals surface area contributed by atoms with Crippen molar-refractivity contribution < 1.29 is 8.42 Å². The Bertz CT molecular complexity index is 543. The molecular weight excluding hydrogens is 290 g/mol. The van der Waals surface area contributed by atoms with Crippen molar-refractivity contribution >= 4 is 10.0 Å². The van der Waals surface area contributed by atoms with Crippen LogP contribution in [0.15, 0.2) is 5.03 Å². The molecule has 0 atom stereocenters. The minimum atomic E-state index is -3.63. The third kappa shape index (κ3) is 4.50. The highest BCUT2D eigenvalue weighted by molar-refractivity contribution is 7.89. The summed E-state index contributed by atoms with van der Waals surface area (Å²) < 4.78 is 27.2. The summed E-state index contributed by atoms with van der Waals surface area (Å²) in [5.74, 6) is 0. The van der Waals surface area contributed by atoms with E-state index in [-0.39, 0.29) is 11.6 Å². The van der Waals surface area contributed by atoms with Crippen LogP contribution in [0.5, 0.6) is 0 Å². The van der Waals surface area contributed by atoms with Crippen molar-refractivity contribution in [2.45, 2.75) is 58.3 Å². The topological polar surface area (TPSA) is 104 Å². The van der Waals surface area contributed by atoms with Gasteiger partial charge in [-0.3, -0.25) is 10.00 Å².